The van der Waals surface area contributed by atoms with E-state index in [9.17, 15) is 13.5 Å². The van der Waals surface area contributed by atoms with Gasteiger partial charge in [-0.05, 0) is 24.7 Å². The van der Waals surface area contributed by atoms with Gasteiger partial charge in [0.05, 0.1) is 11.4 Å². The average molecular weight is 315 g/mol. The molecule has 0 radical (unpaired) electrons. The highest BCUT2D eigenvalue weighted by Crippen LogP contribution is 2.31. The average Bonchev–Trinajstić information content (AvgIpc) is 2.98. The van der Waals surface area contributed by atoms with Gasteiger partial charge in [0.25, 0.3) is 0 Å². The van der Waals surface area contributed by atoms with Crippen LogP contribution >= 0.6 is 0 Å². The number of sulfonamides is 1. The lowest BCUT2D eigenvalue weighted by Crippen LogP contribution is -2.30. The molecule has 1 aliphatic heterocycles. The quantitative estimate of drug-likeness (QED) is 0.872. The van der Waals surface area contributed by atoms with Crippen molar-refractivity contribution in [3.05, 3.63) is 11.4 Å². The van der Waals surface area contributed by atoms with Crippen molar-refractivity contribution in [1.29, 1.82) is 0 Å². The molecule has 1 saturated heterocycles. The number of aliphatic hydroxyl groups is 1. The van der Waals surface area contributed by atoms with Gasteiger partial charge in [-0.3, -0.25) is 4.68 Å². The second-order valence-corrected chi connectivity index (χ2v) is 7.67. The zero-order valence-electron chi connectivity index (χ0n) is 13.2. The molecule has 0 saturated carbocycles. The van der Waals surface area contributed by atoms with Crippen molar-refractivity contribution in [1.82, 2.24) is 14.1 Å². The van der Waals surface area contributed by atoms with E-state index in [4.69, 9.17) is 0 Å². The summed E-state index contributed by atoms with van der Waals surface area (Å²) in [6.07, 6.45) is 1.22. The summed E-state index contributed by atoms with van der Waals surface area (Å²) in [5, 5.41) is 13.7. The highest BCUT2D eigenvalue weighted by Gasteiger charge is 2.39. The summed E-state index contributed by atoms with van der Waals surface area (Å²) in [6.45, 7) is 6.74. The van der Waals surface area contributed by atoms with Crippen molar-refractivity contribution in [3.8, 4) is 0 Å². The zero-order chi connectivity index (χ0) is 15.8. The van der Waals surface area contributed by atoms with E-state index < -0.39 is 10.0 Å². The molecular formula is C14H25N3O3S. The smallest absolute Gasteiger partial charge is 0.246 e. The first-order valence-corrected chi connectivity index (χ1v) is 8.96. The van der Waals surface area contributed by atoms with E-state index >= 15 is 0 Å². The fraction of sp³-hybridized carbons (Fsp3) is 0.786. The van der Waals surface area contributed by atoms with Crippen molar-refractivity contribution in [2.45, 2.75) is 38.5 Å². The number of nitrogens with zero attached hydrogens (tertiary/aromatic N) is 3. The standard InChI is InChI=1S/C14H25N3O3S/c1-5-12-14(13(6-2)16(4)15-12)21(19,20)17-7-10(3)11(8-17)9-18/h10-11,18H,5-9H2,1-4H3/t10-,11+/m1/s1. The van der Waals surface area contributed by atoms with Crippen molar-refractivity contribution in [3.63, 3.8) is 0 Å². The summed E-state index contributed by atoms with van der Waals surface area (Å²) in [6, 6.07) is 0. The van der Waals surface area contributed by atoms with Crippen molar-refractivity contribution >= 4 is 10.0 Å². The molecule has 0 amide bonds. The molecule has 1 aliphatic rings. The maximum atomic E-state index is 13.0. The lowest BCUT2D eigenvalue weighted by Gasteiger charge is -2.17. The summed E-state index contributed by atoms with van der Waals surface area (Å²) in [5.74, 6) is 0.197. The summed E-state index contributed by atoms with van der Waals surface area (Å²) < 4.78 is 29.2. The van der Waals surface area contributed by atoms with Crippen LogP contribution in [0.2, 0.25) is 0 Å². The monoisotopic (exact) mass is 315 g/mol. The van der Waals surface area contributed by atoms with Crippen LogP contribution < -0.4 is 0 Å². The molecule has 0 bridgehead atoms. The maximum Gasteiger partial charge on any atom is 0.246 e. The van der Waals surface area contributed by atoms with E-state index in [1.54, 1.807) is 11.7 Å². The predicted octanol–water partition coefficient (Wildman–Crippen LogP) is 0.794. The Kier molecular flexibility index (Phi) is 4.75. The van der Waals surface area contributed by atoms with Gasteiger partial charge in [-0.15, -0.1) is 0 Å². The number of aromatic nitrogens is 2. The van der Waals surface area contributed by atoms with E-state index in [2.05, 4.69) is 5.10 Å². The van der Waals surface area contributed by atoms with Crippen LogP contribution in [0, 0.1) is 11.8 Å². The fourth-order valence-corrected chi connectivity index (χ4v) is 5.20. The topological polar surface area (TPSA) is 75.4 Å². The second kappa shape index (κ2) is 6.06. The number of hydrogen-bond donors (Lipinski definition) is 1. The Labute approximate surface area is 126 Å². The molecule has 0 spiro atoms. The van der Waals surface area contributed by atoms with E-state index in [0.29, 0.717) is 36.5 Å². The van der Waals surface area contributed by atoms with Crippen LogP contribution in [0.15, 0.2) is 4.90 Å². The first-order valence-electron chi connectivity index (χ1n) is 7.52. The minimum Gasteiger partial charge on any atom is -0.396 e. The Morgan fingerprint density at radius 2 is 1.95 bits per heavy atom. The molecule has 0 aliphatic carbocycles. The van der Waals surface area contributed by atoms with Gasteiger partial charge in [0, 0.05) is 26.7 Å². The van der Waals surface area contributed by atoms with Gasteiger partial charge in [-0.1, -0.05) is 20.8 Å². The number of aliphatic hydroxyl groups excluding tert-OH is 1. The molecule has 1 aromatic rings. The van der Waals surface area contributed by atoms with Crippen LogP contribution in [0.25, 0.3) is 0 Å². The Morgan fingerprint density at radius 1 is 1.29 bits per heavy atom. The van der Waals surface area contributed by atoms with Gasteiger partial charge < -0.3 is 5.11 Å². The molecule has 21 heavy (non-hydrogen) atoms. The molecule has 1 aromatic heterocycles. The van der Waals surface area contributed by atoms with Gasteiger partial charge >= 0.3 is 0 Å². The minimum atomic E-state index is -3.54. The van der Waals surface area contributed by atoms with E-state index in [-0.39, 0.29) is 18.4 Å². The number of rotatable bonds is 5. The van der Waals surface area contributed by atoms with Gasteiger partial charge in [0.2, 0.25) is 10.0 Å². The second-order valence-electron chi connectivity index (χ2n) is 5.80. The molecule has 0 unspecified atom stereocenters. The molecule has 2 rings (SSSR count). The summed E-state index contributed by atoms with van der Waals surface area (Å²) in [7, 11) is -1.75. The molecule has 120 valence electrons. The third-order valence-corrected chi connectivity index (χ3v) is 6.39. The molecule has 2 atom stereocenters. The normalized spacial score (nSPS) is 23.9. The van der Waals surface area contributed by atoms with E-state index in [1.165, 1.54) is 4.31 Å². The lowest BCUT2D eigenvalue weighted by molar-refractivity contribution is 0.210. The fourth-order valence-electron chi connectivity index (χ4n) is 3.07. The van der Waals surface area contributed by atoms with Crippen molar-refractivity contribution in [2.75, 3.05) is 19.7 Å². The van der Waals surface area contributed by atoms with E-state index in [0.717, 1.165) is 5.69 Å². The summed E-state index contributed by atoms with van der Waals surface area (Å²) in [5.41, 5.74) is 1.39. The van der Waals surface area contributed by atoms with Crippen molar-refractivity contribution < 1.29 is 13.5 Å². The Morgan fingerprint density at radius 3 is 2.43 bits per heavy atom. The molecule has 0 aromatic carbocycles. The number of aryl methyl sites for hydroxylation is 2. The van der Waals surface area contributed by atoms with E-state index in [1.807, 2.05) is 20.8 Å². The Balaban J connectivity index is 2.46. The lowest BCUT2D eigenvalue weighted by atomic mass is 10.00. The third-order valence-electron chi connectivity index (χ3n) is 4.42. The molecular weight excluding hydrogens is 290 g/mol. The maximum absolute atomic E-state index is 13.0. The van der Waals surface area contributed by atoms with Crippen LogP contribution in [0.5, 0.6) is 0 Å². The van der Waals surface area contributed by atoms with Crippen LogP contribution in [0.1, 0.15) is 32.2 Å². The molecule has 1 fully saturated rings. The van der Waals surface area contributed by atoms with Crippen LogP contribution in [0.3, 0.4) is 0 Å². The molecule has 2 heterocycles. The predicted molar refractivity (Wildman–Crippen MR) is 80.5 cm³/mol. The summed E-state index contributed by atoms with van der Waals surface area (Å²) in [4.78, 5) is 0.376. The van der Waals surface area contributed by atoms with Gasteiger partial charge in [0.15, 0.2) is 0 Å². The van der Waals surface area contributed by atoms with Gasteiger partial charge in [-0.25, -0.2) is 8.42 Å². The Bertz CT molecular complexity index is 609. The van der Waals surface area contributed by atoms with Crippen LogP contribution in [-0.2, 0) is 29.9 Å². The largest absolute Gasteiger partial charge is 0.396 e. The first kappa shape index (κ1) is 16.5. The minimum absolute atomic E-state index is 0.0200. The first-order chi connectivity index (χ1) is 9.86. The zero-order valence-corrected chi connectivity index (χ0v) is 14.0. The third kappa shape index (κ3) is 2.74. The SMILES string of the molecule is CCc1nn(C)c(CC)c1S(=O)(=O)N1C[C@@H](CO)[C@H](C)C1. The van der Waals surface area contributed by atoms with Gasteiger partial charge in [-0.2, -0.15) is 9.40 Å². The summed E-state index contributed by atoms with van der Waals surface area (Å²) >= 11 is 0. The van der Waals surface area contributed by atoms with Crippen molar-refractivity contribution in [2.24, 2.45) is 18.9 Å². The molecule has 1 N–H and O–H groups in total. The number of hydrogen-bond acceptors (Lipinski definition) is 4. The van der Waals surface area contributed by atoms with Crippen LogP contribution in [-0.4, -0.2) is 47.3 Å². The highest BCUT2D eigenvalue weighted by molar-refractivity contribution is 7.89. The van der Waals surface area contributed by atoms with Gasteiger partial charge in [0.1, 0.15) is 4.90 Å². The van der Waals surface area contributed by atoms with Crippen LogP contribution in [0.4, 0.5) is 0 Å². The Hall–Kier alpha value is -0.920. The molecule has 7 heteroatoms. The molecule has 6 nitrogen and oxygen atoms in total. The highest BCUT2D eigenvalue weighted by atomic mass is 32.2.